The van der Waals surface area contributed by atoms with Crippen LogP contribution in [0.2, 0.25) is 0 Å². The van der Waals surface area contributed by atoms with Gasteiger partial charge < -0.3 is 5.32 Å². The van der Waals surface area contributed by atoms with Crippen molar-refractivity contribution in [1.82, 2.24) is 5.32 Å². The molecule has 0 amide bonds. The molecule has 0 aromatic rings. The van der Waals surface area contributed by atoms with Gasteiger partial charge in [0, 0.05) is 27.8 Å². The zero-order chi connectivity index (χ0) is 10.4. The highest BCUT2D eigenvalue weighted by molar-refractivity contribution is 7.85. The normalized spacial score (nSPS) is 29.3. The van der Waals surface area contributed by atoms with E-state index in [2.05, 4.69) is 12.2 Å². The topological polar surface area (TPSA) is 29.1 Å². The fourth-order valence-electron chi connectivity index (χ4n) is 2.10. The molecule has 84 valence electrons. The minimum atomic E-state index is -0.559. The Balaban J connectivity index is 2.18. The first-order chi connectivity index (χ1) is 6.77. The molecule has 1 saturated carbocycles. The third-order valence-corrected chi connectivity index (χ3v) is 4.98. The van der Waals surface area contributed by atoms with Crippen molar-refractivity contribution in [3.8, 4) is 0 Å². The van der Waals surface area contributed by atoms with Crippen LogP contribution in [0.15, 0.2) is 0 Å². The Hall–Kier alpha value is 0.110. The van der Waals surface area contributed by atoms with E-state index in [1.807, 2.05) is 7.05 Å². The summed E-state index contributed by atoms with van der Waals surface area (Å²) >= 11 is 0. The van der Waals surface area contributed by atoms with Crippen molar-refractivity contribution in [1.29, 1.82) is 0 Å². The van der Waals surface area contributed by atoms with Crippen LogP contribution >= 0.6 is 0 Å². The fourth-order valence-corrected chi connectivity index (χ4v) is 3.77. The molecule has 0 aromatic heterocycles. The van der Waals surface area contributed by atoms with Crippen LogP contribution in [0.3, 0.4) is 0 Å². The SMILES string of the molecule is CCCCCS(=O)C1CCC(NC)C1. The van der Waals surface area contributed by atoms with Gasteiger partial charge in [0.1, 0.15) is 0 Å². The monoisotopic (exact) mass is 217 g/mol. The van der Waals surface area contributed by atoms with Crippen LogP contribution in [0, 0.1) is 0 Å². The Bertz CT molecular complexity index is 184. The second-order valence-corrected chi connectivity index (χ2v) is 6.05. The van der Waals surface area contributed by atoms with Crippen molar-refractivity contribution in [2.75, 3.05) is 12.8 Å². The molecule has 1 aliphatic rings. The smallest absolute Gasteiger partial charge is 0.0363 e. The van der Waals surface area contributed by atoms with Gasteiger partial charge >= 0.3 is 0 Å². The zero-order valence-corrected chi connectivity index (χ0v) is 10.2. The molecule has 3 atom stereocenters. The maximum Gasteiger partial charge on any atom is 0.0363 e. The number of hydrogen-bond acceptors (Lipinski definition) is 2. The van der Waals surface area contributed by atoms with Gasteiger partial charge in [0.15, 0.2) is 0 Å². The molecule has 0 saturated heterocycles. The van der Waals surface area contributed by atoms with Gasteiger partial charge in [-0.2, -0.15) is 0 Å². The van der Waals surface area contributed by atoms with E-state index in [4.69, 9.17) is 0 Å². The lowest BCUT2D eigenvalue weighted by Gasteiger charge is -2.10. The van der Waals surface area contributed by atoms with Gasteiger partial charge in [0.2, 0.25) is 0 Å². The van der Waals surface area contributed by atoms with Gasteiger partial charge in [-0.3, -0.25) is 4.21 Å². The highest BCUT2D eigenvalue weighted by Gasteiger charge is 2.27. The van der Waals surface area contributed by atoms with Crippen LogP contribution in [0.25, 0.3) is 0 Å². The average Bonchev–Trinajstić information content (AvgIpc) is 2.66. The number of nitrogens with one attached hydrogen (secondary N) is 1. The minimum absolute atomic E-state index is 0.476. The Kier molecular flexibility index (Phi) is 5.71. The van der Waals surface area contributed by atoms with Gasteiger partial charge in [-0.1, -0.05) is 19.8 Å². The third kappa shape index (κ3) is 3.70. The molecule has 3 unspecified atom stereocenters. The molecule has 0 aliphatic heterocycles. The Labute approximate surface area is 90.3 Å². The molecular weight excluding hydrogens is 194 g/mol. The first-order valence-electron chi connectivity index (χ1n) is 5.82. The molecule has 0 heterocycles. The van der Waals surface area contributed by atoms with E-state index in [1.165, 1.54) is 19.3 Å². The zero-order valence-electron chi connectivity index (χ0n) is 9.42. The molecule has 0 aromatic carbocycles. The molecule has 1 aliphatic carbocycles. The summed E-state index contributed by atoms with van der Waals surface area (Å²) in [6.45, 7) is 2.19. The van der Waals surface area contributed by atoms with Gasteiger partial charge in [-0.05, 0) is 32.7 Å². The number of unbranched alkanes of at least 4 members (excludes halogenated alkanes) is 2. The minimum Gasteiger partial charge on any atom is -0.317 e. The molecule has 0 radical (unpaired) electrons. The van der Waals surface area contributed by atoms with Crippen LogP contribution in [-0.2, 0) is 10.8 Å². The standard InChI is InChI=1S/C11H23NOS/c1-3-4-5-8-14(13)11-7-6-10(9-11)12-2/h10-12H,3-9H2,1-2H3. The summed E-state index contributed by atoms with van der Waals surface area (Å²) in [5.74, 6) is 0.926. The van der Waals surface area contributed by atoms with Gasteiger partial charge in [-0.25, -0.2) is 0 Å². The molecule has 1 N–H and O–H groups in total. The van der Waals surface area contributed by atoms with E-state index < -0.39 is 10.8 Å². The van der Waals surface area contributed by atoms with Crippen LogP contribution in [-0.4, -0.2) is 28.3 Å². The second kappa shape index (κ2) is 6.57. The summed E-state index contributed by atoms with van der Waals surface area (Å²) in [6.07, 6.45) is 7.08. The summed E-state index contributed by atoms with van der Waals surface area (Å²) in [6, 6.07) is 0.620. The van der Waals surface area contributed by atoms with E-state index in [9.17, 15) is 4.21 Å². The van der Waals surface area contributed by atoms with Crippen molar-refractivity contribution in [3.05, 3.63) is 0 Å². The largest absolute Gasteiger partial charge is 0.317 e. The molecule has 0 spiro atoms. The van der Waals surface area contributed by atoms with Crippen molar-refractivity contribution in [2.45, 2.75) is 56.7 Å². The van der Waals surface area contributed by atoms with E-state index in [1.54, 1.807) is 0 Å². The predicted molar refractivity (Wildman–Crippen MR) is 63.0 cm³/mol. The molecule has 0 bridgehead atoms. The summed E-state index contributed by atoms with van der Waals surface area (Å²) in [4.78, 5) is 0. The second-order valence-electron chi connectivity index (χ2n) is 4.21. The summed E-state index contributed by atoms with van der Waals surface area (Å²) in [5.41, 5.74) is 0. The molecule has 2 nitrogen and oxygen atoms in total. The lowest BCUT2D eigenvalue weighted by molar-refractivity contribution is 0.581. The number of hydrogen-bond donors (Lipinski definition) is 1. The summed E-state index contributed by atoms with van der Waals surface area (Å²) in [7, 11) is 1.45. The van der Waals surface area contributed by atoms with Gasteiger partial charge in [0.25, 0.3) is 0 Å². The third-order valence-electron chi connectivity index (χ3n) is 3.11. The molecule has 3 heteroatoms. The predicted octanol–water partition coefficient (Wildman–Crippen LogP) is 2.07. The van der Waals surface area contributed by atoms with Crippen molar-refractivity contribution < 1.29 is 4.21 Å². The first kappa shape index (κ1) is 12.2. The van der Waals surface area contributed by atoms with Crippen LogP contribution in [0.1, 0.15) is 45.4 Å². The van der Waals surface area contributed by atoms with E-state index in [0.29, 0.717) is 11.3 Å². The highest BCUT2D eigenvalue weighted by atomic mass is 32.2. The maximum atomic E-state index is 11.9. The lowest BCUT2D eigenvalue weighted by atomic mass is 10.3. The average molecular weight is 217 g/mol. The Morgan fingerprint density at radius 3 is 2.71 bits per heavy atom. The van der Waals surface area contributed by atoms with E-state index in [0.717, 1.165) is 25.0 Å². The van der Waals surface area contributed by atoms with Gasteiger partial charge in [-0.15, -0.1) is 0 Å². The van der Waals surface area contributed by atoms with Crippen LogP contribution in [0.5, 0.6) is 0 Å². The molecule has 1 fully saturated rings. The summed E-state index contributed by atoms with van der Waals surface area (Å²) in [5, 5.41) is 3.76. The Morgan fingerprint density at radius 2 is 2.14 bits per heavy atom. The summed E-state index contributed by atoms with van der Waals surface area (Å²) < 4.78 is 11.9. The van der Waals surface area contributed by atoms with Crippen molar-refractivity contribution in [3.63, 3.8) is 0 Å². The van der Waals surface area contributed by atoms with E-state index in [-0.39, 0.29) is 0 Å². The molecular formula is C11H23NOS. The fraction of sp³-hybridized carbons (Fsp3) is 1.00. The van der Waals surface area contributed by atoms with E-state index >= 15 is 0 Å². The van der Waals surface area contributed by atoms with Crippen LogP contribution in [0.4, 0.5) is 0 Å². The maximum absolute atomic E-state index is 11.9. The molecule has 14 heavy (non-hydrogen) atoms. The number of rotatable bonds is 6. The van der Waals surface area contributed by atoms with Crippen LogP contribution < -0.4 is 5.32 Å². The van der Waals surface area contributed by atoms with Crippen molar-refractivity contribution >= 4 is 10.8 Å². The highest BCUT2D eigenvalue weighted by Crippen LogP contribution is 2.24. The quantitative estimate of drug-likeness (QED) is 0.690. The first-order valence-corrected chi connectivity index (χ1v) is 7.20. The van der Waals surface area contributed by atoms with Crippen molar-refractivity contribution in [2.24, 2.45) is 0 Å². The van der Waals surface area contributed by atoms with Gasteiger partial charge in [0.05, 0.1) is 0 Å². The molecule has 1 rings (SSSR count). The lowest BCUT2D eigenvalue weighted by Crippen LogP contribution is -2.23. The Morgan fingerprint density at radius 1 is 1.36 bits per heavy atom.